The van der Waals surface area contributed by atoms with Gasteiger partial charge < -0.3 is 24.0 Å². The van der Waals surface area contributed by atoms with Crippen LogP contribution >= 0.6 is 11.6 Å². The van der Waals surface area contributed by atoms with Gasteiger partial charge in [0.25, 0.3) is 0 Å². The second kappa shape index (κ2) is 13.5. The summed E-state index contributed by atoms with van der Waals surface area (Å²) in [6.45, 7) is 12.8. The Kier molecular flexibility index (Phi) is 11.0. The van der Waals surface area contributed by atoms with E-state index in [-0.39, 0.29) is 29.6 Å². The molecule has 2 aromatic carbocycles. The quantitative estimate of drug-likeness (QED) is 0.153. The molecule has 1 atom stereocenters. The van der Waals surface area contributed by atoms with E-state index in [1.165, 1.54) is 19.3 Å². The van der Waals surface area contributed by atoms with E-state index in [9.17, 15) is 14.4 Å². The maximum absolute atomic E-state index is 12.7. The van der Waals surface area contributed by atoms with E-state index < -0.39 is 31.7 Å². The lowest BCUT2D eigenvalue weighted by molar-refractivity contribution is -0.146. The molecule has 0 bridgehead atoms. The summed E-state index contributed by atoms with van der Waals surface area (Å²) in [5.74, 6) is 0.201. The molecule has 38 heavy (non-hydrogen) atoms. The van der Waals surface area contributed by atoms with Gasteiger partial charge in [0.2, 0.25) is 14.2 Å². The van der Waals surface area contributed by atoms with E-state index in [1.54, 1.807) is 25.1 Å². The summed E-state index contributed by atoms with van der Waals surface area (Å²) >= 11 is 5.26. The van der Waals surface area contributed by atoms with Gasteiger partial charge in [0, 0.05) is 24.1 Å². The van der Waals surface area contributed by atoms with Crippen molar-refractivity contribution in [3.8, 4) is 17.2 Å². The summed E-state index contributed by atoms with van der Waals surface area (Å²) in [6.07, 6.45) is 3.09. The monoisotopic (exact) mass is 561 g/mol. The lowest BCUT2D eigenvalue weighted by Gasteiger charge is -2.36. The van der Waals surface area contributed by atoms with Crippen LogP contribution < -0.4 is 19.2 Å². The molecule has 206 valence electrons. The number of esters is 1. The summed E-state index contributed by atoms with van der Waals surface area (Å²) in [6, 6.07) is 11.4. The molecule has 0 aliphatic rings. The maximum Gasteiger partial charge on any atom is 0.409 e. The molecule has 0 aromatic heterocycles. The van der Waals surface area contributed by atoms with Crippen molar-refractivity contribution in [1.82, 2.24) is 5.32 Å². The van der Waals surface area contributed by atoms with Crippen LogP contribution in [-0.2, 0) is 20.7 Å². The highest BCUT2D eigenvalue weighted by atomic mass is 35.5. The smallest absolute Gasteiger partial charge is 0.409 e. The van der Waals surface area contributed by atoms with E-state index in [1.807, 2.05) is 24.3 Å². The first-order chi connectivity index (χ1) is 17.8. The number of hydrogen-bond donors (Lipinski definition) is 1. The molecule has 8 nitrogen and oxygen atoms in total. The minimum atomic E-state index is -1.97. The number of carbonyl (C=O) groups is 3. The van der Waals surface area contributed by atoms with Crippen LogP contribution in [0.15, 0.2) is 48.5 Å². The standard InChI is InChI=1S/C28H36ClNO7Si/c1-8-35-26(32)22(17-19-9-13-21(14-10-19)37-38(6,7)28(2,3)4)30-25(31)16-12-20-11-15-23(36-27(29)33)24(18-20)34-5/h9-16,18,22H,8,17H2,1-7H3,(H,30,31)/b16-12+/t22-/m0/s1. The maximum atomic E-state index is 12.7. The number of nitrogens with one attached hydrogen (secondary N) is 1. The van der Waals surface area contributed by atoms with Crippen molar-refractivity contribution in [2.75, 3.05) is 13.7 Å². The van der Waals surface area contributed by atoms with Crippen LogP contribution in [0.4, 0.5) is 4.79 Å². The Morgan fingerprint density at radius 1 is 1.05 bits per heavy atom. The summed E-state index contributed by atoms with van der Waals surface area (Å²) < 4.78 is 21.6. The Labute approximate surface area is 230 Å². The van der Waals surface area contributed by atoms with Crippen molar-refractivity contribution in [2.45, 2.75) is 58.3 Å². The molecule has 0 saturated heterocycles. The minimum absolute atomic E-state index is 0.0721. The Morgan fingerprint density at radius 3 is 2.26 bits per heavy atom. The van der Waals surface area contributed by atoms with Crippen molar-refractivity contribution < 1.29 is 33.0 Å². The van der Waals surface area contributed by atoms with Crippen molar-refractivity contribution in [2.24, 2.45) is 0 Å². The second-order valence-electron chi connectivity index (χ2n) is 10.1. The molecule has 1 N–H and O–H groups in total. The van der Waals surface area contributed by atoms with E-state index in [2.05, 4.69) is 39.2 Å². The Balaban J connectivity index is 2.12. The van der Waals surface area contributed by atoms with Crippen LogP contribution in [0.25, 0.3) is 6.08 Å². The number of methoxy groups -OCH3 is 1. The Hall–Kier alpha value is -3.30. The average molecular weight is 562 g/mol. The molecule has 0 heterocycles. The first kappa shape index (κ1) is 30.9. The fourth-order valence-corrected chi connectivity index (χ4v) is 4.28. The number of hydrogen-bond acceptors (Lipinski definition) is 7. The lowest BCUT2D eigenvalue weighted by Crippen LogP contribution is -2.43. The molecule has 1 amide bonds. The fraction of sp³-hybridized carbons (Fsp3) is 0.393. The van der Waals surface area contributed by atoms with Gasteiger partial charge in [-0.3, -0.25) is 4.79 Å². The molecule has 0 radical (unpaired) electrons. The van der Waals surface area contributed by atoms with Gasteiger partial charge in [-0.1, -0.05) is 39.0 Å². The van der Waals surface area contributed by atoms with E-state index in [0.717, 1.165) is 11.3 Å². The van der Waals surface area contributed by atoms with Gasteiger partial charge in [0.15, 0.2) is 11.5 Å². The van der Waals surface area contributed by atoms with Gasteiger partial charge in [0.05, 0.1) is 13.7 Å². The molecular weight excluding hydrogens is 526 g/mol. The third kappa shape index (κ3) is 9.22. The predicted molar refractivity (Wildman–Crippen MR) is 150 cm³/mol. The van der Waals surface area contributed by atoms with Gasteiger partial charge in [0.1, 0.15) is 11.8 Å². The summed E-state index contributed by atoms with van der Waals surface area (Å²) in [5.41, 5.74) is 0.467. The van der Waals surface area contributed by atoms with Crippen molar-refractivity contribution >= 4 is 43.3 Å². The van der Waals surface area contributed by atoms with Gasteiger partial charge in [-0.2, -0.15) is 0 Å². The van der Waals surface area contributed by atoms with Gasteiger partial charge in [-0.25, -0.2) is 9.59 Å². The van der Waals surface area contributed by atoms with Gasteiger partial charge in [-0.05, 0) is 66.5 Å². The normalized spacial score (nSPS) is 12.5. The second-order valence-corrected chi connectivity index (χ2v) is 15.1. The number of benzene rings is 2. The topological polar surface area (TPSA) is 100 Å². The number of carbonyl (C=O) groups excluding carboxylic acids is 3. The van der Waals surface area contributed by atoms with Crippen LogP contribution in [-0.4, -0.2) is 45.4 Å². The SMILES string of the molecule is CCOC(=O)[C@H](Cc1ccc(O[Si](C)(C)C(C)(C)C)cc1)NC(=O)/C=C/c1ccc(OC(=O)Cl)c(OC)c1. The van der Waals surface area contributed by atoms with Crippen molar-refractivity contribution in [3.63, 3.8) is 0 Å². The number of rotatable bonds is 11. The Morgan fingerprint density at radius 2 is 1.71 bits per heavy atom. The number of ether oxygens (including phenoxy) is 3. The molecule has 0 aliphatic carbocycles. The largest absolute Gasteiger partial charge is 0.544 e. The highest BCUT2D eigenvalue weighted by Crippen LogP contribution is 2.37. The van der Waals surface area contributed by atoms with E-state index in [0.29, 0.717) is 5.56 Å². The molecule has 10 heteroatoms. The minimum Gasteiger partial charge on any atom is -0.544 e. The van der Waals surface area contributed by atoms with E-state index in [4.69, 9.17) is 30.2 Å². The number of amides is 1. The predicted octanol–water partition coefficient (Wildman–Crippen LogP) is 6.12. The highest BCUT2D eigenvalue weighted by Gasteiger charge is 2.39. The van der Waals surface area contributed by atoms with Crippen LogP contribution in [0.5, 0.6) is 17.2 Å². The number of halogens is 1. The molecular formula is C28H36ClNO7Si. The van der Waals surface area contributed by atoms with Gasteiger partial charge >= 0.3 is 11.4 Å². The molecule has 2 rings (SSSR count). The summed E-state index contributed by atoms with van der Waals surface area (Å²) in [5, 5.41) is 2.79. The lowest BCUT2D eigenvalue weighted by atomic mass is 10.1. The molecule has 2 aromatic rings. The van der Waals surface area contributed by atoms with Crippen LogP contribution in [0, 0.1) is 0 Å². The average Bonchev–Trinajstić information content (AvgIpc) is 2.83. The molecule has 0 fully saturated rings. The molecule has 0 spiro atoms. The van der Waals surface area contributed by atoms with Crippen molar-refractivity contribution in [3.05, 3.63) is 59.7 Å². The highest BCUT2D eigenvalue weighted by molar-refractivity contribution is 6.74. The van der Waals surface area contributed by atoms with Gasteiger partial charge in [-0.15, -0.1) is 0 Å². The zero-order chi connectivity index (χ0) is 28.5. The van der Waals surface area contributed by atoms with Crippen LogP contribution in [0.1, 0.15) is 38.8 Å². The zero-order valence-corrected chi connectivity index (χ0v) is 24.7. The first-order valence-corrected chi connectivity index (χ1v) is 15.5. The molecule has 0 aliphatic heterocycles. The Bertz CT molecular complexity index is 1160. The summed E-state index contributed by atoms with van der Waals surface area (Å²) in [4.78, 5) is 36.2. The molecule has 0 saturated carbocycles. The van der Waals surface area contributed by atoms with E-state index >= 15 is 0 Å². The van der Waals surface area contributed by atoms with Crippen LogP contribution in [0.3, 0.4) is 0 Å². The van der Waals surface area contributed by atoms with Crippen LogP contribution in [0.2, 0.25) is 18.1 Å². The van der Waals surface area contributed by atoms with Crippen molar-refractivity contribution in [1.29, 1.82) is 0 Å². The fourth-order valence-electron chi connectivity index (χ4n) is 3.16. The third-order valence-electron chi connectivity index (χ3n) is 6.24. The zero-order valence-electron chi connectivity index (χ0n) is 22.9. The first-order valence-electron chi connectivity index (χ1n) is 12.2. The third-order valence-corrected chi connectivity index (χ3v) is 10.7. The summed E-state index contributed by atoms with van der Waals surface area (Å²) in [7, 11) is -0.560. The molecule has 0 unspecified atom stereocenters.